The standard InChI is InChI=1S/C12H25NO/c1-10(2)6-5-7-12(14)9-13-8-11(3)4/h10-11,13H,5-9H2,1-4H3. The van der Waals surface area contributed by atoms with Gasteiger partial charge in [-0.15, -0.1) is 0 Å². The molecule has 0 aromatic rings. The first-order valence-corrected chi connectivity index (χ1v) is 5.74. The number of carbonyl (C=O) groups is 1. The lowest BCUT2D eigenvalue weighted by atomic mass is 10.0. The number of ketones is 1. The first kappa shape index (κ1) is 13.6. The Morgan fingerprint density at radius 2 is 1.79 bits per heavy atom. The van der Waals surface area contributed by atoms with Gasteiger partial charge >= 0.3 is 0 Å². The summed E-state index contributed by atoms with van der Waals surface area (Å²) in [5.41, 5.74) is 0. The minimum atomic E-state index is 0.353. The summed E-state index contributed by atoms with van der Waals surface area (Å²) >= 11 is 0. The molecular formula is C12H25NO. The molecule has 0 amide bonds. The fourth-order valence-corrected chi connectivity index (χ4v) is 1.30. The molecule has 14 heavy (non-hydrogen) atoms. The highest BCUT2D eigenvalue weighted by molar-refractivity contribution is 5.80. The van der Waals surface area contributed by atoms with Crippen LogP contribution in [0.1, 0.15) is 47.0 Å². The lowest BCUT2D eigenvalue weighted by Crippen LogP contribution is -2.26. The maximum atomic E-state index is 11.3. The predicted molar refractivity (Wildman–Crippen MR) is 61.4 cm³/mol. The molecule has 0 aromatic heterocycles. The highest BCUT2D eigenvalue weighted by Gasteiger charge is 2.02. The molecular weight excluding hydrogens is 174 g/mol. The molecule has 0 aromatic carbocycles. The average molecular weight is 199 g/mol. The van der Waals surface area contributed by atoms with E-state index < -0.39 is 0 Å². The summed E-state index contributed by atoms with van der Waals surface area (Å²) in [5, 5.41) is 3.17. The van der Waals surface area contributed by atoms with Gasteiger partial charge in [0.2, 0.25) is 0 Å². The second-order valence-corrected chi connectivity index (χ2v) is 4.85. The van der Waals surface area contributed by atoms with Gasteiger partial charge in [0, 0.05) is 6.42 Å². The van der Waals surface area contributed by atoms with Crippen molar-refractivity contribution in [3.05, 3.63) is 0 Å². The fourth-order valence-electron chi connectivity index (χ4n) is 1.30. The van der Waals surface area contributed by atoms with Gasteiger partial charge in [0.25, 0.3) is 0 Å². The molecule has 84 valence electrons. The van der Waals surface area contributed by atoms with Gasteiger partial charge in [0.1, 0.15) is 5.78 Å². The van der Waals surface area contributed by atoms with Crippen LogP contribution in [0.2, 0.25) is 0 Å². The molecule has 0 rings (SSSR count). The Balaban J connectivity index is 3.28. The Morgan fingerprint density at radius 1 is 1.14 bits per heavy atom. The van der Waals surface area contributed by atoms with Crippen LogP contribution in [-0.2, 0) is 4.79 Å². The Kier molecular flexibility index (Phi) is 7.77. The molecule has 0 aliphatic carbocycles. The second-order valence-electron chi connectivity index (χ2n) is 4.85. The van der Waals surface area contributed by atoms with Crippen LogP contribution in [0.3, 0.4) is 0 Å². The summed E-state index contributed by atoms with van der Waals surface area (Å²) in [6.07, 6.45) is 2.94. The Morgan fingerprint density at radius 3 is 2.29 bits per heavy atom. The normalized spacial score (nSPS) is 11.3. The third kappa shape index (κ3) is 9.72. The van der Waals surface area contributed by atoms with E-state index in [2.05, 4.69) is 33.0 Å². The second kappa shape index (κ2) is 7.98. The number of hydrogen-bond donors (Lipinski definition) is 1. The van der Waals surface area contributed by atoms with E-state index in [1.807, 2.05) is 0 Å². The molecule has 0 saturated carbocycles. The summed E-state index contributed by atoms with van der Waals surface area (Å²) < 4.78 is 0. The molecule has 0 radical (unpaired) electrons. The van der Waals surface area contributed by atoms with Gasteiger partial charge in [0.15, 0.2) is 0 Å². The van der Waals surface area contributed by atoms with Crippen LogP contribution in [0.15, 0.2) is 0 Å². The lowest BCUT2D eigenvalue weighted by molar-refractivity contribution is -0.118. The van der Waals surface area contributed by atoms with E-state index in [0.717, 1.165) is 25.8 Å². The fraction of sp³-hybridized carbons (Fsp3) is 0.917. The topological polar surface area (TPSA) is 29.1 Å². The van der Waals surface area contributed by atoms with Crippen LogP contribution in [0, 0.1) is 11.8 Å². The molecule has 0 atom stereocenters. The van der Waals surface area contributed by atoms with Crippen molar-refractivity contribution < 1.29 is 4.79 Å². The summed E-state index contributed by atoms with van der Waals surface area (Å²) in [6.45, 7) is 10.2. The first-order valence-electron chi connectivity index (χ1n) is 5.74. The molecule has 0 spiro atoms. The van der Waals surface area contributed by atoms with Crippen LogP contribution in [0.4, 0.5) is 0 Å². The van der Waals surface area contributed by atoms with E-state index in [4.69, 9.17) is 0 Å². The van der Waals surface area contributed by atoms with E-state index in [1.165, 1.54) is 0 Å². The zero-order valence-corrected chi connectivity index (χ0v) is 10.1. The Bertz CT molecular complexity index is 136. The summed E-state index contributed by atoms with van der Waals surface area (Å²) in [4.78, 5) is 11.3. The Labute approximate surface area is 88.5 Å². The van der Waals surface area contributed by atoms with Crippen molar-refractivity contribution in [2.75, 3.05) is 13.1 Å². The van der Waals surface area contributed by atoms with Crippen LogP contribution in [0.5, 0.6) is 0 Å². The van der Waals surface area contributed by atoms with Gasteiger partial charge in [-0.25, -0.2) is 0 Å². The van der Waals surface area contributed by atoms with Crippen molar-refractivity contribution in [3.63, 3.8) is 0 Å². The minimum Gasteiger partial charge on any atom is -0.310 e. The molecule has 0 unspecified atom stereocenters. The van der Waals surface area contributed by atoms with Crippen LogP contribution in [-0.4, -0.2) is 18.9 Å². The van der Waals surface area contributed by atoms with E-state index >= 15 is 0 Å². The van der Waals surface area contributed by atoms with Gasteiger partial charge in [0.05, 0.1) is 6.54 Å². The largest absolute Gasteiger partial charge is 0.310 e. The van der Waals surface area contributed by atoms with Crippen LogP contribution < -0.4 is 5.32 Å². The van der Waals surface area contributed by atoms with Gasteiger partial charge in [-0.05, 0) is 24.8 Å². The number of hydrogen-bond acceptors (Lipinski definition) is 2. The smallest absolute Gasteiger partial charge is 0.146 e. The number of carbonyl (C=O) groups excluding carboxylic acids is 1. The third-order valence-electron chi connectivity index (χ3n) is 2.11. The van der Waals surface area contributed by atoms with Crippen molar-refractivity contribution in [1.29, 1.82) is 0 Å². The van der Waals surface area contributed by atoms with Crippen molar-refractivity contribution in [2.45, 2.75) is 47.0 Å². The Hall–Kier alpha value is -0.370. The highest BCUT2D eigenvalue weighted by Crippen LogP contribution is 2.06. The summed E-state index contributed by atoms with van der Waals surface area (Å²) in [5.74, 6) is 1.69. The van der Waals surface area contributed by atoms with Gasteiger partial charge in [-0.2, -0.15) is 0 Å². The van der Waals surface area contributed by atoms with E-state index in [9.17, 15) is 4.79 Å². The summed E-state index contributed by atoms with van der Waals surface area (Å²) in [7, 11) is 0. The molecule has 2 nitrogen and oxygen atoms in total. The van der Waals surface area contributed by atoms with E-state index in [-0.39, 0.29) is 0 Å². The molecule has 1 N–H and O–H groups in total. The predicted octanol–water partition coefficient (Wildman–Crippen LogP) is 2.63. The van der Waals surface area contributed by atoms with Crippen LogP contribution in [0.25, 0.3) is 0 Å². The quantitative estimate of drug-likeness (QED) is 0.651. The highest BCUT2D eigenvalue weighted by atomic mass is 16.1. The van der Waals surface area contributed by atoms with Crippen molar-refractivity contribution in [3.8, 4) is 0 Å². The number of nitrogens with one attached hydrogen (secondary N) is 1. The molecule has 0 saturated heterocycles. The molecule has 0 aliphatic heterocycles. The van der Waals surface area contributed by atoms with Gasteiger partial charge in [-0.1, -0.05) is 34.1 Å². The minimum absolute atomic E-state index is 0.353. The number of Topliss-reactive ketones (excluding diaryl/α,β-unsaturated/α-hetero) is 1. The van der Waals surface area contributed by atoms with E-state index in [0.29, 0.717) is 24.2 Å². The average Bonchev–Trinajstić information content (AvgIpc) is 2.02. The zero-order valence-electron chi connectivity index (χ0n) is 10.1. The molecule has 2 heteroatoms. The third-order valence-corrected chi connectivity index (χ3v) is 2.11. The first-order chi connectivity index (χ1) is 6.52. The lowest BCUT2D eigenvalue weighted by Gasteiger charge is -2.07. The van der Waals surface area contributed by atoms with Gasteiger partial charge < -0.3 is 5.32 Å². The number of rotatable bonds is 8. The van der Waals surface area contributed by atoms with E-state index in [1.54, 1.807) is 0 Å². The molecule has 0 heterocycles. The maximum absolute atomic E-state index is 11.3. The monoisotopic (exact) mass is 199 g/mol. The van der Waals surface area contributed by atoms with Crippen LogP contribution >= 0.6 is 0 Å². The maximum Gasteiger partial charge on any atom is 0.146 e. The van der Waals surface area contributed by atoms with Crippen molar-refractivity contribution >= 4 is 5.78 Å². The van der Waals surface area contributed by atoms with Gasteiger partial charge in [-0.3, -0.25) is 4.79 Å². The molecule has 0 fully saturated rings. The van der Waals surface area contributed by atoms with Crippen molar-refractivity contribution in [2.24, 2.45) is 11.8 Å². The van der Waals surface area contributed by atoms with Crippen molar-refractivity contribution in [1.82, 2.24) is 5.32 Å². The molecule has 0 bridgehead atoms. The molecule has 0 aliphatic rings. The SMILES string of the molecule is CC(C)CCCC(=O)CNCC(C)C. The zero-order chi connectivity index (χ0) is 11.0. The summed E-state index contributed by atoms with van der Waals surface area (Å²) in [6, 6.07) is 0.